The molecule has 0 aliphatic rings. The second kappa shape index (κ2) is 7.84. The van der Waals surface area contributed by atoms with Crippen molar-refractivity contribution in [3.63, 3.8) is 0 Å². The van der Waals surface area contributed by atoms with Crippen molar-refractivity contribution in [3.05, 3.63) is 54.1 Å². The Balaban J connectivity index is 1.80. The first-order valence-electron chi connectivity index (χ1n) is 7.14. The molecular weight excluding hydrogens is 296 g/mol. The van der Waals surface area contributed by atoms with Gasteiger partial charge in [0.15, 0.2) is 0 Å². The number of phenols is 1. The van der Waals surface area contributed by atoms with Crippen LogP contribution >= 0.6 is 0 Å². The minimum Gasteiger partial charge on any atom is -0.508 e. The number of benzene rings is 2. The molecule has 0 bridgehead atoms. The van der Waals surface area contributed by atoms with Gasteiger partial charge >= 0.3 is 12.0 Å². The molecule has 2 amide bonds. The second-order valence-corrected chi connectivity index (χ2v) is 4.92. The molecule has 0 spiro atoms. The van der Waals surface area contributed by atoms with Crippen LogP contribution in [0.25, 0.3) is 0 Å². The number of carbonyl (C=O) groups excluding carboxylic acids is 2. The first kappa shape index (κ1) is 16.4. The summed E-state index contributed by atoms with van der Waals surface area (Å²) in [6.07, 6.45) is 0.654. The van der Waals surface area contributed by atoms with Crippen LogP contribution in [0.2, 0.25) is 0 Å². The van der Waals surface area contributed by atoms with Gasteiger partial charge in [0.05, 0.1) is 0 Å². The van der Waals surface area contributed by atoms with Crippen molar-refractivity contribution in [1.29, 1.82) is 0 Å². The summed E-state index contributed by atoms with van der Waals surface area (Å²) in [5, 5.41) is 14.6. The van der Waals surface area contributed by atoms with Crippen molar-refractivity contribution in [1.82, 2.24) is 5.32 Å². The summed E-state index contributed by atoms with van der Waals surface area (Å²) < 4.78 is 4.95. The molecule has 0 saturated heterocycles. The fraction of sp³-hybridized carbons (Fsp3) is 0.176. The number of phenolic OH excluding ortho intramolecular Hbond substituents is 1. The van der Waals surface area contributed by atoms with Gasteiger partial charge in [0.1, 0.15) is 11.5 Å². The Labute approximate surface area is 134 Å². The van der Waals surface area contributed by atoms with E-state index in [2.05, 4.69) is 10.6 Å². The minimum atomic E-state index is -0.416. The molecule has 0 radical (unpaired) electrons. The van der Waals surface area contributed by atoms with E-state index < -0.39 is 5.97 Å². The maximum atomic E-state index is 11.8. The lowest BCUT2D eigenvalue weighted by molar-refractivity contribution is -0.131. The van der Waals surface area contributed by atoms with Gasteiger partial charge < -0.3 is 20.5 Å². The molecule has 2 aromatic rings. The van der Waals surface area contributed by atoms with E-state index in [1.807, 2.05) is 0 Å². The summed E-state index contributed by atoms with van der Waals surface area (Å²) in [7, 11) is 0. The van der Waals surface area contributed by atoms with Gasteiger partial charge in [-0.05, 0) is 36.2 Å². The van der Waals surface area contributed by atoms with E-state index in [0.717, 1.165) is 5.56 Å². The molecule has 120 valence electrons. The van der Waals surface area contributed by atoms with Crippen LogP contribution in [-0.4, -0.2) is 23.7 Å². The lowest BCUT2D eigenvalue weighted by Crippen LogP contribution is -2.30. The van der Waals surface area contributed by atoms with E-state index in [0.29, 0.717) is 24.4 Å². The van der Waals surface area contributed by atoms with Gasteiger partial charge in [0.2, 0.25) is 0 Å². The molecule has 2 rings (SSSR count). The number of esters is 1. The highest BCUT2D eigenvalue weighted by Crippen LogP contribution is 2.17. The topological polar surface area (TPSA) is 87.7 Å². The smallest absolute Gasteiger partial charge is 0.319 e. The Hall–Kier alpha value is -3.02. The first-order valence-corrected chi connectivity index (χ1v) is 7.14. The van der Waals surface area contributed by atoms with Crippen molar-refractivity contribution < 1.29 is 19.4 Å². The van der Waals surface area contributed by atoms with Crippen molar-refractivity contribution in [2.75, 3.05) is 11.9 Å². The molecule has 0 saturated carbocycles. The number of hydrogen-bond donors (Lipinski definition) is 3. The maximum Gasteiger partial charge on any atom is 0.319 e. The van der Waals surface area contributed by atoms with Crippen molar-refractivity contribution in [2.45, 2.75) is 13.3 Å². The molecule has 0 heterocycles. The van der Waals surface area contributed by atoms with Crippen LogP contribution in [0.15, 0.2) is 48.5 Å². The Morgan fingerprint density at radius 2 is 1.87 bits per heavy atom. The summed E-state index contributed by atoms with van der Waals surface area (Å²) in [6, 6.07) is 13.1. The number of nitrogens with one attached hydrogen (secondary N) is 2. The van der Waals surface area contributed by atoms with Crippen LogP contribution < -0.4 is 15.4 Å². The molecule has 0 unspecified atom stereocenters. The van der Waals surface area contributed by atoms with Crippen molar-refractivity contribution in [2.24, 2.45) is 0 Å². The van der Waals surface area contributed by atoms with Gasteiger partial charge in [-0.3, -0.25) is 4.79 Å². The fourth-order valence-corrected chi connectivity index (χ4v) is 1.96. The highest BCUT2D eigenvalue weighted by atomic mass is 16.5. The highest BCUT2D eigenvalue weighted by Gasteiger charge is 2.04. The van der Waals surface area contributed by atoms with Crippen LogP contribution in [0.3, 0.4) is 0 Å². The van der Waals surface area contributed by atoms with Crippen molar-refractivity contribution in [3.8, 4) is 11.5 Å². The number of ether oxygens (including phenoxy) is 1. The second-order valence-electron chi connectivity index (χ2n) is 4.92. The molecular formula is C17H18N2O4. The molecule has 0 aromatic heterocycles. The fourth-order valence-electron chi connectivity index (χ4n) is 1.96. The van der Waals surface area contributed by atoms with Gasteiger partial charge in [-0.1, -0.05) is 18.2 Å². The summed E-state index contributed by atoms with van der Waals surface area (Å²) in [6.45, 7) is 1.77. The van der Waals surface area contributed by atoms with Crippen LogP contribution in [-0.2, 0) is 11.2 Å². The Kier molecular flexibility index (Phi) is 5.57. The molecule has 0 fully saturated rings. The Morgan fingerprint density at radius 3 is 2.57 bits per heavy atom. The number of hydrogen-bond acceptors (Lipinski definition) is 4. The number of urea groups is 1. The number of aromatic hydroxyl groups is 1. The predicted octanol–water partition coefficient (Wildman–Crippen LogP) is 2.68. The van der Waals surface area contributed by atoms with E-state index in [-0.39, 0.29) is 11.8 Å². The number of amides is 2. The summed E-state index contributed by atoms with van der Waals surface area (Å²) in [5.74, 6) is 0.173. The van der Waals surface area contributed by atoms with Gasteiger partial charge in [-0.2, -0.15) is 0 Å². The number of carbonyl (C=O) groups is 2. The standard InChI is InChI=1S/C17H18N2O4/c1-12(20)23-16-4-2-3-14(11-16)19-17(22)18-10-9-13-5-7-15(21)8-6-13/h2-8,11,21H,9-10H2,1H3,(H2,18,19,22). The highest BCUT2D eigenvalue weighted by molar-refractivity contribution is 5.89. The van der Waals surface area contributed by atoms with Gasteiger partial charge in [-0.15, -0.1) is 0 Å². The lowest BCUT2D eigenvalue weighted by atomic mass is 10.1. The van der Waals surface area contributed by atoms with Crippen molar-refractivity contribution >= 4 is 17.7 Å². The molecule has 0 aliphatic carbocycles. The van der Waals surface area contributed by atoms with E-state index >= 15 is 0 Å². The van der Waals surface area contributed by atoms with E-state index in [1.165, 1.54) is 6.92 Å². The maximum absolute atomic E-state index is 11.8. The van der Waals surface area contributed by atoms with Gasteiger partial charge in [0.25, 0.3) is 0 Å². The lowest BCUT2D eigenvalue weighted by Gasteiger charge is -2.09. The summed E-state index contributed by atoms with van der Waals surface area (Å²) >= 11 is 0. The largest absolute Gasteiger partial charge is 0.508 e. The normalized spacial score (nSPS) is 9.96. The molecule has 0 aliphatic heterocycles. The molecule has 23 heavy (non-hydrogen) atoms. The molecule has 0 atom stereocenters. The zero-order valence-electron chi connectivity index (χ0n) is 12.7. The average molecular weight is 314 g/mol. The third-order valence-corrected chi connectivity index (χ3v) is 2.99. The molecule has 3 N–H and O–H groups in total. The Morgan fingerprint density at radius 1 is 1.13 bits per heavy atom. The number of anilines is 1. The quantitative estimate of drug-likeness (QED) is 0.585. The van der Waals surface area contributed by atoms with Crippen LogP contribution in [0.1, 0.15) is 12.5 Å². The minimum absolute atomic E-state index is 0.215. The van der Waals surface area contributed by atoms with Gasteiger partial charge in [-0.25, -0.2) is 4.79 Å². The third-order valence-electron chi connectivity index (χ3n) is 2.99. The zero-order valence-corrected chi connectivity index (χ0v) is 12.7. The SMILES string of the molecule is CC(=O)Oc1cccc(NC(=O)NCCc2ccc(O)cc2)c1. The van der Waals surface area contributed by atoms with Crippen LogP contribution in [0.5, 0.6) is 11.5 Å². The summed E-state index contributed by atoms with van der Waals surface area (Å²) in [5.41, 5.74) is 1.55. The summed E-state index contributed by atoms with van der Waals surface area (Å²) in [4.78, 5) is 22.7. The van der Waals surface area contributed by atoms with E-state index in [1.54, 1.807) is 48.5 Å². The predicted molar refractivity (Wildman–Crippen MR) is 86.6 cm³/mol. The zero-order chi connectivity index (χ0) is 16.7. The Bertz CT molecular complexity index is 683. The molecule has 2 aromatic carbocycles. The first-order chi connectivity index (χ1) is 11.0. The third kappa shape index (κ3) is 5.70. The molecule has 6 nitrogen and oxygen atoms in total. The van der Waals surface area contributed by atoms with Crippen LogP contribution in [0, 0.1) is 0 Å². The van der Waals surface area contributed by atoms with Crippen LogP contribution in [0.4, 0.5) is 10.5 Å². The monoisotopic (exact) mass is 314 g/mol. The van der Waals surface area contributed by atoms with Gasteiger partial charge in [0, 0.05) is 25.2 Å². The van der Waals surface area contributed by atoms with E-state index in [4.69, 9.17) is 4.74 Å². The molecule has 6 heteroatoms. The number of rotatable bonds is 5. The average Bonchev–Trinajstić information content (AvgIpc) is 2.49. The van der Waals surface area contributed by atoms with E-state index in [9.17, 15) is 14.7 Å².